The van der Waals surface area contributed by atoms with Gasteiger partial charge in [0.15, 0.2) is 0 Å². The first-order valence-corrected chi connectivity index (χ1v) is 8.16. The summed E-state index contributed by atoms with van der Waals surface area (Å²) in [7, 11) is 2.26. The third-order valence-electron chi connectivity index (χ3n) is 4.36. The maximum absolute atomic E-state index is 3.74. The van der Waals surface area contributed by atoms with Gasteiger partial charge in [-0.2, -0.15) is 0 Å². The molecule has 0 bridgehead atoms. The Morgan fingerprint density at radius 2 is 1.89 bits per heavy atom. The molecule has 0 aromatic rings. The minimum Gasteiger partial charge on any atom is -0.314 e. The average molecular weight is 254 g/mol. The van der Waals surface area contributed by atoms with Crippen molar-refractivity contribution in [1.29, 1.82) is 0 Å². The molecule has 1 heterocycles. The van der Waals surface area contributed by atoms with Gasteiger partial charge in [-0.05, 0) is 52.2 Å². The molecule has 1 rings (SSSR count). The van der Waals surface area contributed by atoms with Crippen molar-refractivity contribution in [1.82, 2.24) is 10.2 Å². The minimum atomic E-state index is 0.698. The summed E-state index contributed by atoms with van der Waals surface area (Å²) in [4.78, 5) is 2.48. The lowest BCUT2D eigenvalue weighted by molar-refractivity contribution is 0.179. The second-order valence-corrected chi connectivity index (χ2v) is 6.18. The zero-order valence-electron chi connectivity index (χ0n) is 12.9. The highest BCUT2D eigenvalue weighted by atomic mass is 15.1. The fourth-order valence-electron chi connectivity index (χ4n) is 3.02. The zero-order valence-corrected chi connectivity index (χ0v) is 12.9. The van der Waals surface area contributed by atoms with Crippen molar-refractivity contribution in [3.05, 3.63) is 0 Å². The van der Waals surface area contributed by atoms with Crippen molar-refractivity contribution >= 4 is 0 Å². The van der Waals surface area contributed by atoms with Crippen LogP contribution in [0.15, 0.2) is 0 Å². The Bertz CT molecular complexity index is 194. The molecule has 0 radical (unpaired) electrons. The number of hydrogen-bond donors (Lipinski definition) is 1. The molecule has 2 unspecified atom stereocenters. The molecule has 0 spiro atoms. The fourth-order valence-corrected chi connectivity index (χ4v) is 3.02. The normalized spacial score (nSPS) is 23.2. The van der Waals surface area contributed by atoms with Crippen LogP contribution in [-0.4, -0.2) is 37.6 Å². The Morgan fingerprint density at radius 1 is 1.17 bits per heavy atom. The topological polar surface area (TPSA) is 15.3 Å². The highest BCUT2D eigenvalue weighted by Crippen LogP contribution is 2.18. The van der Waals surface area contributed by atoms with E-state index in [1.54, 1.807) is 0 Å². The van der Waals surface area contributed by atoms with Gasteiger partial charge in [-0.1, -0.05) is 39.0 Å². The summed E-state index contributed by atoms with van der Waals surface area (Å²) < 4.78 is 0. The second-order valence-electron chi connectivity index (χ2n) is 6.18. The molecule has 108 valence electrons. The van der Waals surface area contributed by atoms with Gasteiger partial charge in [-0.3, -0.25) is 0 Å². The van der Waals surface area contributed by atoms with Gasteiger partial charge < -0.3 is 10.2 Å². The number of piperidine rings is 1. The van der Waals surface area contributed by atoms with Crippen LogP contribution in [0.3, 0.4) is 0 Å². The summed E-state index contributed by atoms with van der Waals surface area (Å²) in [6.45, 7) is 8.45. The van der Waals surface area contributed by atoms with Crippen LogP contribution in [-0.2, 0) is 0 Å². The molecule has 2 atom stereocenters. The van der Waals surface area contributed by atoms with Crippen molar-refractivity contribution in [2.75, 3.05) is 26.7 Å². The first-order chi connectivity index (χ1) is 8.74. The Labute approximate surface area is 115 Å². The van der Waals surface area contributed by atoms with E-state index in [9.17, 15) is 0 Å². The quantitative estimate of drug-likeness (QED) is 0.632. The maximum atomic E-state index is 3.74. The molecule has 18 heavy (non-hydrogen) atoms. The van der Waals surface area contributed by atoms with Crippen LogP contribution in [0, 0.1) is 5.92 Å². The summed E-state index contributed by atoms with van der Waals surface area (Å²) in [6.07, 6.45) is 11.2. The average Bonchev–Trinajstić information content (AvgIpc) is 2.37. The van der Waals surface area contributed by atoms with E-state index in [1.165, 1.54) is 71.0 Å². The van der Waals surface area contributed by atoms with Gasteiger partial charge in [0.05, 0.1) is 0 Å². The van der Waals surface area contributed by atoms with E-state index in [-0.39, 0.29) is 0 Å². The maximum Gasteiger partial charge on any atom is 0.00792 e. The smallest absolute Gasteiger partial charge is 0.00792 e. The van der Waals surface area contributed by atoms with Gasteiger partial charge in [-0.15, -0.1) is 0 Å². The van der Waals surface area contributed by atoms with Crippen LogP contribution in [0.25, 0.3) is 0 Å². The van der Waals surface area contributed by atoms with Crippen molar-refractivity contribution in [2.45, 2.75) is 71.3 Å². The lowest BCUT2D eigenvalue weighted by Gasteiger charge is -2.34. The first kappa shape index (κ1) is 16.0. The van der Waals surface area contributed by atoms with Gasteiger partial charge in [0.25, 0.3) is 0 Å². The highest BCUT2D eigenvalue weighted by Gasteiger charge is 2.21. The van der Waals surface area contributed by atoms with Crippen LogP contribution < -0.4 is 5.32 Å². The Morgan fingerprint density at radius 3 is 2.61 bits per heavy atom. The van der Waals surface area contributed by atoms with Crippen LogP contribution >= 0.6 is 0 Å². The van der Waals surface area contributed by atoms with Crippen LogP contribution in [0.2, 0.25) is 0 Å². The summed E-state index contributed by atoms with van der Waals surface area (Å²) >= 11 is 0. The number of hydrogen-bond acceptors (Lipinski definition) is 2. The van der Waals surface area contributed by atoms with E-state index in [4.69, 9.17) is 0 Å². The van der Waals surface area contributed by atoms with Crippen LogP contribution in [0.1, 0.15) is 65.2 Å². The van der Waals surface area contributed by atoms with Crippen LogP contribution in [0.5, 0.6) is 0 Å². The molecule has 1 aliphatic rings. The largest absolute Gasteiger partial charge is 0.314 e. The van der Waals surface area contributed by atoms with Gasteiger partial charge in [0, 0.05) is 12.6 Å². The molecular formula is C16H34N2. The summed E-state index contributed by atoms with van der Waals surface area (Å²) in [6, 6.07) is 0.698. The third kappa shape index (κ3) is 6.75. The van der Waals surface area contributed by atoms with Crippen molar-refractivity contribution in [3.8, 4) is 0 Å². The van der Waals surface area contributed by atoms with Gasteiger partial charge in [-0.25, -0.2) is 0 Å². The fraction of sp³-hybridized carbons (Fsp3) is 1.00. The number of rotatable bonds is 9. The Balaban J connectivity index is 1.97. The molecule has 0 aromatic heterocycles. The van der Waals surface area contributed by atoms with E-state index in [0.717, 1.165) is 5.92 Å². The molecule has 1 saturated heterocycles. The number of nitrogens with zero attached hydrogens (tertiary/aromatic N) is 1. The Kier molecular flexibility index (Phi) is 8.70. The van der Waals surface area contributed by atoms with Gasteiger partial charge in [0.1, 0.15) is 0 Å². The predicted octanol–water partition coefficient (Wildman–Crippen LogP) is 3.67. The molecular weight excluding hydrogens is 220 g/mol. The standard InChI is InChI=1S/C16H34N2/c1-4-5-6-7-8-9-12-17-15(2)16-11-10-13-18(3)14-16/h15-17H,4-14H2,1-3H3. The van der Waals surface area contributed by atoms with E-state index < -0.39 is 0 Å². The van der Waals surface area contributed by atoms with E-state index in [0.29, 0.717) is 6.04 Å². The van der Waals surface area contributed by atoms with E-state index >= 15 is 0 Å². The molecule has 1 aliphatic heterocycles. The van der Waals surface area contributed by atoms with Crippen molar-refractivity contribution in [3.63, 3.8) is 0 Å². The molecule has 2 nitrogen and oxygen atoms in total. The monoisotopic (exact) mass is 254 g/mol. The molecule has 2 heteroatoms. The molecule has 0 amide bonds. The van der Waals surface area contributed by atoms with Gasteiger partial charge in [0.2, 0.25) is 0 Å². The summed E-state index contributed by atoms with van der Waals surface area (Å²) in [5.74, 6) is 0.865. The molecule has 1 N–H and O–H groups in total. The van der Waals surface area contributed by atoms with Crippen LogP contribution in [0.4, 0.5) is 0 Å². The van der Waals surface area contributed by atoms with Gasteiger partial charge >= 0.3 is 0 Å². The number of unbranched alkanes of at least 4 members (excludes halogenated alkanes) is 5. The van der Waals surface area contributed by atoms with Crippen molar-refractivity contribution in [2.24, 2.45) is 5.92 Å². The third-order valence-corrected chi connectivity index (χ3v) is 4.36. The predicted molar refractivity (Wildman–Crippen MR) is 81.1 cm³/mol. The summed E-state index contributed by atoms with van der Waals surface area (Å²) in [5.41, 5.74) is 0. The minimum absolute atomic E-state index is 0.698. The number of likely N-dealkylation sites (tertiary alicyclic amines) is 1. The lowest BCUT2D eigenvalue weighted by Crippen LogP contribution is -2.43. The van der Waals surface area contributed by atoms with Crippen molar-refractivity contribution < 1.29 is 0 Å². The molecule has 0 saturated carbocycles. The van der Waals surface area contributed by atoms with E-state index in [1.807, 2.05) is 0 Å². The lowest BCUT2D eigenvalue weighted by atomic mass is 9.92. The second kappa shape index (κ2) is 9.80. The SMILES string of the molecule is CCCCCCCCNC(C)C1CCCN(C)C1. The molecule has 1 fully saturated rings. The molecule has 0 aliphatic carbocycles. The van der Waals surface area contributed by atoms with E-state index in [2.05, 4.69) is 31.1 Å². The molecule has 0 aromatic carbocycles. The summed E-state index contributed by atoms with van der Waals surface area (Å²) in [5, 5.41) is 3.74. The Hall–Kier alpha value is -0.0800. The highest BCUT2D eigenvalue weighted by molar-refractivity contribution is 4.78. The zero-order chi connectivity index (χ0) is 13.2. The number of nitrogens with one attached hydrogen (secondary N) is 1. The first-order valence-electron chi connectivity index (χ1n) is 8.16.